The number of ether oxygens (including phenoxy) is 1. The van der Waals surface area contributed by atoms with E-state index in [0.29, 0.717) is 13.2 Å². The van der Waals surface area contributed by atoms with Crippen LogP contribution in [-0.4, -0.2) is 49.7 Å². The number of halogens is 2. The lowest BCUT2D eigenvalue weighted by atomic mass is 10.00. The molecule has 1 amide bonds. The Labute approximate surface area is 162 Å². The van der Waals surface area contributed by atoms with Gasteiger partial charge in [-0.2, -0.15) is 0 Å². The fourth-order valence-corrected chi connectivity index (χ4v) is 3.34. The number of nitrogens with one attached hydrogen (secondary N) is 2. The third-order valence-electron chi connectivity index (χ3n) is 4.59. The molecule has 0 radical (unpaired) electrons. The van der Waals surface area contributed by atoms with Crippen LogP contribution in [0.2, 0.25) is 0 Å². The van der Waals surface area contributed by atoms with E-state index < -0.39 is 6.10 Å². The maximum absolute atomic E-state index is 12.1. The van der Waals surface area contributed by atoms with Gasteiger partial charge in [-0.05, 0) is 43.0 Å². The first kappa shape index (κ1) is 22.2. The van der Waals surface area contributed by atoms with Crippen LogP contribution in [0.4, 0.5) is 5.69 Å². The average molecular weight is 390 g/mol. The largest absolute Gasteiger partial charge is 0.366 e. The van der Waals surface area contributed by atoms with Gasteiger partial charge in [-0.25, -0.2) is 0 Å². The highest BCUT2D eigenvalue weighted by Gasteiger charge is 2.21. The van der Waals surface area contributed by atoms with Crippen LogP contribution in [0.15, 0.2) is 24.3 Å². The predicted octanol–water partition coefficient (Wildman–Crippen LogP) is 2.69. The first-order valence-corrected chi connectivity index (χ1v) is 8.65. The highest BCUT2D eigenvalue weighted by Crippen LogP contribution is 2.19. The highest BCUT2D eigenvalue weighted by atomic mass is 35.5. The lowest BCUT2D eigenvalue weighted by Crippen LogP contribution is -2.45. The number of amides is 1. The highest BCUT2D eigenvalue weighted by molar-refractivity contribution is 5.94. The number of hydrogen-bond donors (Lipinski definition) is 2. The summed E-state index contributed by atoms with van der Waals surface area (Å²) in [6.45, 7) is 7.68. The molecule has 1 aromatic carbocycles. The molecule has 0 aliphatic carbocycles. The van der Waals surface area contributed by atoms with Crippen LogP contribution in [0.3, 0.4) is 0 Å². The van der Waals surface area contributed by atoms with Gasteiger partial charge in [0.1, 0.15) is 6.10 Å². The van der Waals surface area contributed by atoms with Crippen LogP contribution in [0.25, 0.3) is 0 Å². The molecule has 0 spiro atoms. The molecule has 2 aliphatic heterocycles. The molecule has 2 atom stereocenters. The molecule has 25 heavy (non-hydrogen) atoms. The quantitative estimate of drug-likeness (QED) is 0.830. The zero-order chi connectivity index (χ0) is 16.1. The minimum atomic E-state index is -0.390. The fraction of sp³-hybridized carbons (Fsp3) is 0.611. The van der Waals surface area contributed by atoms with Crippen molar-refractivity contribution in [3.05, 3.63) is 29.8 Å². The lowest BCUT2D eigenvalue weighted by Gasteiger charge is -2.30. The maximum Gasteiger partial charge on any atom is 0.254 e. The van der Waals surface area contributed by atoms with Gasteiger partial charge in [-0.15, -0.1) is 24.8 Å². The van der Waals surface area contributed by atoms with Gasteiger partial charge < -0.3 is 15.4 Å². The summed E-state index contributed by atoms with van der Waals surface area (Å²) in [6.07, 6.45) is 2.25. The Morgan fingerprint density at radius 2 is 2.08 bits per heavy atom. The summed E-state index contributed by atoms with van der Waals surface area (Å²) in [6, 6.07) is 8.18. The van der Waals surface area contributed by atoms with Crippen molar-refractivity contribution < 1.29 is 9.53 Å². The monoisotopic (exact) mass is 389 g/mol. The van der Waals surface area contributed by atoms with E-state index in [-0.39, 0.29) is 30.7 Å². The van der Waals surface area contributed by atoms with Crippen molar-refractivity contribution in [2.24, 2.45) is 5.92 Å². The molecule has 0 aromatic heterocycles. The van der Waals surface area contributed by atoms with E-state index in [1.54, 1.807) is 0 Å². The molecule has 5 nitrogen and oxygen atoms in total. The van der Waals surface area contributed by atoms with Crippen molar-refractivity contribution in [2.75, 3.05) is 38.1 Å². The van der Waals surface area contributed by atoms with Gasteiger partial charge in [-0.1, -0.05) is 19.1 Å². The minimum absolute atomic E-state index is 0. The molecule has 2 heterocycles. The number of morpholine rings is 1. The van der Waals surface area contributed by atoms with Crippen molar-refractivity contribution in [1.29, 1.82) is 0 Å². The Balaban J connectivity index is 0.00000156. The summed E-state index contributed by atoms with van der Waals surface area (Å²) in [4.78, 5) is 14.6. The molecule has 2 fully saturated rings. The first-order valence-electron chi connectivity index (χ1n) is 8.65. The SMILES string of the molecule is CC1CCCN(Cc2ccc(NC(=O)C3CNCCO3)cc2)C1.Cl.Cl. The molecule has 0 bridgehead atoms. The van der Waals surface area contributed by atoms with Crippen molar-refractivity contribution in [3.63, 3.8) is 0 Å². The Kier molecular flexibility index (Phi) is 9.75. The Morgan fingerprint density at radius 1 is 1.32 bits per heavy atom. The summed E-state index contributed by atoms with van der Waals surface area (Å²) in [5, 5.41) is 6.10. The number of anilines is 1. The van der Waals surface area contributed by atoms with Crippen molar-refractivity contribution in [1.82, 2.24) is 10.2 Å². The summed E-state index contributed by atoms with van der Waals surface area (Å²) in [5.74, 6) is 0.723. The molecular weight excluding hydrogens is 361 g/mol. The lowest BCUT2D eigenvalue weighted by molar-refractivity contribution is -0.128. The van der Waals surface area contributed by atoms with Crippen molar-refractivity contribution in [3.8, 4) is 0 Å². The van der Waals surface area contributed by atoms with Gasteiger partial charge in [0.15, 0.2) is 0 Å². The van der Waals surface area contributed by atoms with E-state index in [1.165, 1.54) is 31.5 Å². The predicted molar refractivity (Wildman–Crippen MR) is 106 cm³/mol. The topological polar surface area (TPSA) is 53.6 Å². The van der Waals surface area contributed by atoms with Crippen molar-refractivity contribution >= 4 is 36.4 Å². The number of hydrogen-bond acceptors (Lipinski definition) is 4. The molecule has 2 unspecified atom stereocenters. The third-order valence-corrected chi connectivity index (χ3v) is 4.59. The summed E-state index contributed by atoms with van der Waals surface area (Å²) in [7, 11) is 0. The Bertz CT molecular complexity index is 522. The molecule has 7 heteroatoms. The van der Waals surface area contributed by atoms with Crippen LogP contribution in [-0.2, 0) is 16.1 Å². The molecule has 2 saturated heterocycles. The molecule has 1 aromatic rings. The molecular formula is C18H29Cl2N3O2. The van der Waals surface area contributed by atoms with Gasteiger partial charge in [0.25, 0.3) is 5.91 Å². The molecule has 3 rings (SSSR count). The maximum atomic E-state index is 12.1. The number of carbonyl (C=O) groups is 1. The van der Waals surface area contributed by atoms with Crippen LogP contribution in [0.5, 0.6) is 0 Å². The Hall–Kier alpha value is -0.850. The smallest absolute Gasteiger partial charge is 0.254 e. The molecule has 0 saturated carbocycles. The Morgan fingerprint density at radius 3 is 2.72 bits per heavy atom. The normalized spacial score (nSPS) is 23.9. The fourth-order valence-electron chi connectivity index (χ4n) is 3.34. The summed E-state index contributed by atoms with van der Waals surface area (Å²) >= 11 is 0. The standard InChI is InChI=1S/C18H27N3O2.2ClH/c1-14-3-2-9-21(12-14)13-15-4-6-16(7-5-15)20-18(22)17-11-19-8-10-23-17;;/h4-7,14,17,19H,2-3,8-13H2,1H3,(H,20,22);2*1H. The van der Waals surface area contributed by atoms with E-state index in [0.717, 1.165) is 24.7 Å². The minimum Gasteiger partial charge on any atom is -0.366 e. The second-order valence-electron chi connectivity index (χ2n) is 6.73. The van der Waals surface area contributed by atoms with Gasteiger partial charge >= 0.3 is 0 Å². The van der Waals surface area contributed by atoms with Crippen LogP contribution in [0.1, 0.15) is 25.3 Å². The summed E-state index contributed by atoms with van der Waals surface area (Å²) < 4.78 is 5.46. The number of benzene rings is 1. The second kappa shape index (κ2) is 11.0. The van der Waals surface area contributed by atoms with E-state index in [9.17, 15) is 4.79 Å². The van der Waals surface area contributed by atoms with Crippen LogP contribution in [0, 0.1) is 5.92 Å². The van der Waals surface area contributed by atoms with Gasteiger partial charge in [-0.3, -0.25) is 9.69 Å². The number of rotatable bonds is 4. The van der Waals surface area contributed by atoms with Crippen molar-refractivity contribution in [2.45, 2.75) is 32.4 Å². The van der Waals surface area contributed by atoms with E-state index in [2.05, 4.69) is 34.6 Å². The van der Waals surface area contributed by atoms with E-state index in [1.807, 2.05) is 12.1 Å². The van der Waals surface area contributed by atoms with E-state index in [4.69, 9.17) is 4.74 Å². The number of piperidine rings is 1. The summed E-state index contributed by atoms with van der Waals surface area (Å²) in [5.41, 5.74) is 2.13. The zero-order valence-electron chi connectivity index (χ0n) is 14.7. The molecule has 142 valence electrons. The van der Waals surface area contributed by atoms with Gasteiger partial charge in [0.05, 0.1) is 6.61 Å². The van der Waals surface area contributed by atoms with Crippen LogP contribution < -0.4 is 10.6 Å². The van der Waals surface area contributed by atoms with Crippen LogP contribution >= 0.6 is 24.8 Å². The molecule has 2 aliphatic rings. The number of nitrogens with zero attached hydrogens (tertiary/aromatic N) is 1. The third kappa shape index (κ3) is 6.76. The average Bonchev–Trinajstić information content (AvgIpc) is 2.57. The van der Waals surface area contributed by atoms with Gasteiger partial charge in [0, 0.05) is 31.9 Å². The molecule has 2 N–H and O–H groups in total. The van der Waals surface area contributed by atoms with E-state index >= 15 is 0 Å². The zero-order valence-corrected chi connectivity index (χ0v) is 16.3. The second-order valence-corrected chi connectivity index (χ2v) is 6.73. The number of carbonyl (C=O) groups excluding carboxylic acids is 1. The first-order chi connectivity index (χ1) is 11.2. The number of likely N-dealkylation sites (tertiary alicyclic amines) is 1. The van der Waals surface area contributed by atoms with Gasteiger partial charge in [0.2, 0.25) is 0 Å².